The highest BCUT2D eigenvalue weighted by atomic mass is 19.2. The SMILES string of the molecule is COc1cnn(C(C)C)c1C(=O)c1ccc(F)c(F)c1. The minimum absolute atomic E-state index is 0.0459. The maximum Gasteiger partial charge on any atom is 0.214 e. The molecule has 2 aromatic rings. The lowest BCUT2D eigenvalue weighted by atomic mass is 10.1. The van der Waals surface area contributed by atoms with Crippen molar-refractivity contribution in [3.8, 4) is 5.75 Å². The van der Waals surface area contributed by atoms with Crippen LogP contribution < -0.4 is 4.74 Å². The number of ether oxygens (including phenoxy) is 1. The molecule has 0 aliphatic heterocycles. The number of aromatic nitrogens is 2. The summed E-state index contributed by atoms with van der Waals surface area (Å²) in [5.74, 6) is -2.23. The van der Waals surface area contributed by atoms with Gasteiger partial charge in [0, 0.05) is 11.6 Å². The van der Waals surface area contributed by atoms with Gasteiger partial charge >= 0.3 is 0 Å². The lowest BCUT2D eigenvalue weighted by Gasteiger charge is -2.11. The molecule has 0 spiro atoms. The summed E-state index contributed by atoms with van der Waals surface area (Å²) in [6, 6.07) is 2.96. The average Bonchev–Trinajstić information content (AvgIpc) is 2.85. The lowest BCUT2D eigenvalue weighted by Crippen LogP contribution is -2.14. The summed E-state index contributed by atoms with van der Waals surface area (Å²) < 4.78 is 32.8. The van der Waals surface area contributed by atoms with Gasteiger partial charge in [-0.25, -0.2) is 8.78 Å². The molecule has 2 rings (SSSR count). The van der Waals surface area contributed by atoms with Crippen LogP contribution in [0.5, 0.6) is 5.75 Å². The van der Waals surface area contributed by atoms with Crippen molar-refractivity contribution >= 4 is 5.78 Å². The molecule has 4 nitrogen and oxygen atoms in total. The van der Waals surface area contributed by atoms with E-state index in [1.54, 1.807) is 0 Å². The first kappa shape index (κ1) is 14.2. The maximum absolute atomic E-state index is 13.2. The summed E-state index contributed by atoms with van der Waals surface area (Å²) in [5.41, 5.74) is 0.262. The Balaban J connectivity index is 2.52. The first-order valence-electron chi connectivity index (χ1n) is 6.07. The highest BCUT2D eigenvalue weighted by molar-refractivity contribution is 6.09. The van der Waals surface area contributed by atoms with Gasteiger partial charge in [0.15, 0.2) is 23.1 Å². The molecular formula is C14H14F2N2O2. The Labute approximate surface area is 115 Å². The second-order valence-electron chi connectivity index (χ2n) is 4.56. The van der Waals surface area contributed by atoms with Crippen LogP contribution in [0.2, 0.25) is 0 Å². The molecule has 1 aromatic carbocycles. The smallest absolute Gasteiger partial charge is 0.214 e. The van der Waals surface area contributed by atoms with E-state index in [1.165, 1.54) is 24.1 Å². The molecule has 6 heteroatoms. The fourth-order valence-electron chi connectivity index (χ4n) is 1.88. The largest absolute Gasteiger partial charge is 0.493 e. The Kier molecular flexibility index (Phi) is 3.83. The molecule has 1 heterocycles. The molecule has 106 valence electrons. The van der Waals surface area contributed by atoms with Crippen molar-refractivity contribution in [1.29, 1.82) is 0 Å². The first-order valence-corrected chi connectivity index (χ1v) is 6.07. The van der Waals surface area contributed by atoms with Crippen molar-refractivity contribution in [3.63, 3.8) is 0 Å². The van der Waals surface area contributed by atoms with Gasteiger partial charge < -0.3 is 4.74 Å². The lowest BCUT2D eigenvalue weighted by molar-refractivity contribution is 0.102. The third kappa shape index (κ3) is 2.41. The number of carbonyl (C=O) groups excluding carboxylic acids is 1. The Morgan fingerprint density at radius 1 is 1.30 bits per heavy atom. The topological polar surface area (TPSA) is 44.1 Å². The first-order chi connectivity index (χ1) is 9.45. The monoisotopic (exact) mass is 280 g/mol. The third-order valence-corrected chi connectivity index (χ3v) is 2.87. The van der Waals surface area contributed by atoms with E-state index in [-0.39, 0.29) is 17.3 Å². The van der Waals surface area contributed by atoms with Gasteiger partial charge in [-0.05, 0) is 32.0 Å². The van der Waals surface area contributed by atoms with E-state index in [1.807, 2.05) is 13.8 Å². The van der Waals surface area contributed by atoms with Crippen LogP contribution in [0.1, 0.15) is 35.9 Å². The van der Waals surface area contributed by atoms with E-state index in [4.69, 9.17) is 4.74 Å². The van der Waals surface area contributed by atoms with Crippen LogP contribution in [-0.4, -0.2) is 22.7 Å². The van der Waals surface area contributed by atoms with Crippen molar-refractivity contribution < 1.29 is 18.3 Å². The van der Waals surface area contributed by atoms with Crippen molar-refractivity contribution in [2.75, 3.05) is 7.11 Å². The van der Waals surface area contributed by atoms with E-state index in [9.17, 15) is 13.6 Å². The quantitative estimate of drug-likeness (QED) is 0.809. The second kappa shape index (κ2) is 5.40. The van der Waals surface area contributed by atoms with E-state index in [0.29, 0.717) is 5.75 Å². The molecule has 0 atom stereocenters. The molecule has 0 aliphatic rings. The van der Waals surface area contributed by atoms with E-state index in [0.717, 1.165) is 12.1 Å². The number of hydrogen-bond donors (Lipinski definition) is 0. The summed E-state index contributed by atoms with van der Waals surface area (Å²) >= 11 is 0. The predicted molar refractivity (Wildman–Crippen MR) is 69.0 cm³/mol. The molecule has 0 saturated carbocycles. The number of benzene rings is 1. The van der Waals surface area contributed by atoms with Crippen LogP contribution in [0, 0.1) is 11.6 Å². The summed E-state index contributed by atoms with van der Waals surface area (Å²) in [4.78, 5) is 12.4. The van der Waals surface area contributed by atoms with Gasteiger partial charge in [-0.15, -0.1) is 0 Å². The summed E-state index contributed by atoms with van der Waals surface area (Å²) in [7, 11) is 1.42. The van der Waals surface area contributed by atoms with Crippen molar-refractivity contribution in [2.24, 2.45) is 0 Å². The van der Waals surface area contributed by atoms with E-state index < -0.39 is 17.4 Å². The number of rotatable bonds is 4. The highest BCUT2D eigenvalue weighted by Crippen LogP contribution is 2.24. The Morgan fingerprint density at radius 2 is 2.00 bits per heavy atom. The zero-order valence-corrected chi connectivity index (χ0v) is 11.4. The molecule has 0 unspecified atom stereocenters. The number of carbonyl (C=O) groups is 1. The van der Waals surface area contributed by atoms with Crippen LogP contribution in [0.25, 0.3) is 0 Å². The molecule has 0 N–H and O–H groups in total. The van der Waals surface area contributed by atoms with E-state index >= 15 is 0 Å². The molecular weight excluding hydrogens is 266 g/mol. The Bertz CT molecular complexity index is 651. The van der Waals surface area contributed by atoms with Crippen LogP contribution >= 0.6 is 0 Å². The van der Waals surface area contributed by atoms with Gasteiger partial charge in [-0.3, -0.25) is 9.48 Å². The molecule has 0 bridgehead atoms. The second-order valence-corrected chi connectivity index (χ2v) is 4.56. The van der Waals surface area contributed by atoms with Gasteiger partial charge in [-0.1, -0.05) is 0 Å². The minimum Gasteiger partial charge on any atom is -0.493 e. The van der Waals surface area contributed by atoms with Gasteiger partial charge in [0.25, 0.3) is 0 Å². The third-order valence-electron chi connectivity index (χ3n) is 2.87. The number of halogens is 2. The van der Waals surface area contributed by atoms with Crippen LogP contribution in [-0.2, 0) is 0 Å². The minimum atomic E-state index is -1.06. The zero-order valence-electron chi connectivity index (χ0n) is 11.4. The Hall–Kier alpha value is -2.24. The molecule has 0 aliphatic carbocycles. The van der Waals surface area contributed by atoms with Gasteiger partial charge in [0.2, 0.25) is 5.78 Å². The van der Waals surface area contributed by atoms with E-state index in [2.05, 4.69) is 5.10 Å². The molecule has 1 aromatic heterocycles. The summed E-state index contributed by atoms with van der Waals surface area (Å²) in [5, 5.41) is 4.08. The predicted octanol–water partition coefficient (Wildman–Crippen LogP) is 2.98. The fourth-order valence-corrected chi connectivity index (χ4v) is 1.88. The highest BCUT2D eigenvalue weighted by Gasteiger charge is 2.23. The van der Waals surface area contributed by atoms with Crippen LogP contribution in [0.3, 0.4) is 0 Å². The number of hydrogen-bond acceptors (Lipinski definition) is 3. The molecule has 0 radical (unpaired) electrons. The normalized spacial score (nSPS) is 10.9. The van der Waals surface area contributed by atoms with Gasteiger partial charge in [-0.2, -0.15) is 5.10 Å². The standard InChI is InChI=1S/C14H14F2N2O2/c1-8(2)18-13(12(20-3)7-17-18)14(19)9-4-5-10(15)11(16)6-9/h4-8H,1-3H3. The van der Waals surface area contributed by atoms with Crippen LogP contribution in [0.15, 0.2) is 24.4 Å². The van der Waals surface area contributed by atoms with Crippen LogP contribution in [0.4, 0.5) is 8.78 Å². The number of methoxy groups -OCH3 is 1. The fraction of sp³-hybridized carbons (Fsp3) is 0.286. The van der Waals surface area contributed by atoms with Crippen molar-refractivity contribution in [2.45, 2.75) is 19.9 Å². The molecule has 20 heavy (non-hydrogen) atoms. The molecule has 0 fully saturated rings. The Morgan fingerprint density at radius 3 is 2.55 bits per heavy atom. The van der Waals surface area contributed by atoms with Gasteiger partial charge in [0.05, 0.1) is 13.3 Å². The molecule has 0 amide bonds. The number of ketones is 1. The van der Waals surface area contributed by atoms with Crippen molar-refractivity contribution in [3.05, 3.63) is 47.3 Å². The number of nitrogens with zero attached hydrogens (tertiary/aromatic N) is 2. The van der Waals surface area contributed by atoms with Gasteiger partial charge in [0.1, 0.15) is 0 Å². The molecule has 0 saturated heterocycles. The summed E-state index contributed by atoms with van der Waals surface area (Å²) in [6.07, 6.45) is 1.42. The maximum atomic E-state index is 13.2. The van der Waals surface area contributed by atoms with Crippen molar-refractivity contribution in [1.82, 2.24) is 9.78 Å². The average molecular weight is 280 g/mol. The summed E-state index contributed by atoms with van der Waals surface area (Å²) in [6.45, 7) is 3.71. The zero-order chi connectivity index (χ0) is 14.9.